The maximum Gasteiger partial charge on any atom is 0.193 e. The predicted octanol–water partition coefficient (Wildman–Crippen LogP) is 1.57. The molecular weight excluding hydrogens is 386 g/mol. The van der Waals surface area contributed by atoms with Gasteiger partial charge in [0.1, 0.15) is 5.82 Å². The average molecular weight is 424 g/mol. The van der Waals surface area contributed by atoms with E-state index >= 15 is 0 Å². The van der Waals surface area contributed by atoms with E-state index < -0.39 is 0 Å². The summed E-state index contributed by atoms with van der Waals surface area (Å²) >= 11 is 1.67. The molecule has 0 bridgehead atoms. The third-order valence-electron chi connectivity index (χ3n) is 5.62. The molecule has 0 saturated carbocycles. The quantitative estimate of drug-likeness (QED) is 0.295. The van der Waals surface area contributed by atoms with Crippen molar-refractivity contribution in [1.29, 1.82) is 0 Å². The summed E-state index contributed by atoms with van der Waals surface area (Å²) < 4.78 is 7.77. The van der Waals surface area contributed by atoms with Crippen LogP contribution in [-0.2, 0) is 17.7 Å². The molecule has 2 aliphatic rings. The van der Waals surface area contributed by atoms with Crippen LogP contribution in [0, 0.1) is 5.92 Å². The summed E-state index contributed by atoms with van der Waals surface area (Å²) in [7, 11) is 1.88. The lowest BCUT2D eigenvalue weighted by Crippen LogP contribution is -2.46. The third kappa shape index (κ3) is 6.08. The Balaban J connectivity index is 1.44. The summed E-state index contributed by atoms with van der Waals surface area (Å²) in [5.74, 6) is 2.70. The van der Waals surface area contributed by atoms with Crippen LogP contribution < -0.4 is 5.32 Å². The Morgan fingerprint density at radius 2 is 2.07 bits per heavy atom. The van der Waals surface area contributed by atoms with Gasteiger partial charge in [0.05, 0.1) is 13.2 Å². The number of rotatable bonds is 8. The molecular formula is C20H37N7OS. The zero-order valence-corrected chi connectivity index (χ0v) is 19.2. The molecule has 0 spiro atoms. The van der Waals surface area contributed by atoms with Gasteiger partial charge < -0.3 is 19.5 Å². The van der Waals surface area contributed by atoms with Gasteiger partial charge >= 0.3 is 0 Å². The van der Waals surface area contributed by atoms with Gasteiger partial charge in [0.15, 0.2) is 11.1 Å². The van der Waals surface area contributed by atoms with Gasteiger partial charge in [-0.25, -0.2) is 0 Å². The molecule has 29 heavy (non-hydrogen) atoms. The van der Waals surface area contributed by atoms with Crippen molar-refractivity contribution in [2.24, 2.45) is 10.9 Å². The largest absolute Gasteiger partial charge is 0.379 e. The number of morpholine rings is 1. The van der Waals surface area contributed by atoms with Gasteiger partial charge in [-0.2, -0.15) is 0 Å². The number of aromatic nitrogens is 3. The average Bonchev–Trinajstić information content (AvgIpc) is 3.36. The van der Waals surface area contributed by atoms with Crippen molar-refractivity contribution in [2.45, 2.75) is 50.9 Å². The van der Waals surface area contributed by atoms with E-state index in [0.29, 0.717) is 12.0 Å². The number of likely N-dealkylation sites (tertiary alicyclic amines) is 1. The van der Waals surface area contributed by atoms with E-state index in [0.717, 1.165) is 82.3 Å². The van der Waals surface area contributed by atoms with E-state index in [1.165, 1.54) is 6.42 Å². The Bertz CT molecular complexity index is 657. The summed E-state index contributed by atoms with van der Waals surface area (Å²) in [5, 5.41) is 13.3. The van der Waals surface area contributed by atoms with Gasteiger partial charge in [-0.15, -0.1) is 10.2 Å². The molecule has 0 amide bonds. The zero-order chi connectivity index (χ0) is 20.6. The standard InChI is InChI=1S/C20H37N7OS/c1-16(2)14-27-18(23-24-20(27)29-4)6-5-8-22-19(21-3)26-9-7-17(15-26)25-10-12-28-13-11-25/h16-17H,5-15H2,1-4H3,(H,21,22). The Morgan fingerprint density at radius 1 is 1.28 bits per heavy atom. The molecule has 2 aliphatic heterocycles. The van der Waals surface area contributed by atoms with Gasteiger partial charge in [0, 0.05) is 58.8 Å². The summed E-state index contributed by atoms with van der Waals surface area (Å²) in [5.41, 5.74) is 0. The number of aryl methyl sites for hydroxylation is 1. The fourth-order valence-corrected chi connectivity index (χ4v) is 4.68. The van der Waals surface area contributed by atoms with Crippen molar-refractivity contribution in [2.75, 3.05) is 59.2 Å². The van der Waals surface area contributed by atoms with Gasteiger partial charge in [0.2, 0.25) is 0 Å². The minimum Gasteiger partial charge on any atom is -0.379 e. The van der Waals surface area contributed by atoms with E-state index in [4.69, 9.17) is 4.74 Å². The molecule has 1 aromatic heterocycles. The summed E-state index contributed by atoms with van der Waals surface area (Å²) in [6, 6.07) is 0.622. The first-order chi connectivity index (χ1) is 14.1. The predicted molar refractivity (Wildman–Crippen MR) is 119 cm³/mol. The van der Waals surface area contributed by atoms with Crippen molar-refractivity contribution in [3.63, 3.8) is 0 Å². The number of ether oxygens (including phenoxy) is 1. The second-order valence-corrected chi connectivity index (χ2v) is 9.00. The second kappa shape index (κ2) is 11.2. The van der Waals surface area contributed by atoms with Gasteiger partial charge in [-0.05, 0) is 25.0 Å². The molecule has 3 rings (SSSR count). The zero-order valence-electron chi connectivity index (χ0n) is 18.4. The van der Waals surface area contributed by atoms with Crippen LogP contribution in [0.3, 0.4) is 0 Å². The summed E-state index contributed by atoms with van der Waals surface area (Å²) in [6.45, 7) is 12.3. The van der Waals surface area contributed by atoms with Gasteiger partial charge in [-0.1, -0.05) is 25.6 Å². The highest BCUT2D eigenvalue weighted by Crippen LogP contribution is 2.18. The molecule has 0 aromatic carbocycles. The number of nitrogens with one attached hydrogen (secondary N) is 1. The van der Waals surface area contributed by atoms with Crippen LogP contribution in [0.5, 0.6) is 0 Å². The minimum atomic E-state index is 0.585. The highest BCUT2D eigenvalue weighted by atomic mass is 32.2. The lowest BCUT2D eigenvalue weighted by molar-refractivity contribution is 0.0195. The van der Waals surface area contributed by atoms with Crippen molar-refractivity contribution >= 4 is 17.7 Å². The molecule has 1 aromatic rings. The number of hydrogen-bond acceptors (Lipinski definition) is 6. The molecule has 164 valence electrons. The number of hydrogen-bond donors (Lipinski definition) is 1. The monoisotopic (exact) mass is 423 g/mol. The first-order valence-electron chi connectivity index (χ1n) is 10.9. The molecule has 0 radical (unpaired) electrons. The Labute approximate surface area is 179 Å². The molecule has 2 fully saturated rings. The summed E-state index contributed by atoms with van der Waals surface area (Å²) in [4.78, 5) is 9.49. The Morgan fingerprint density at radius 3 is 2.76 bits per heavy atom. The van der Waals surface area contributed by atoms with Crippen molar-refractivity contribution in [1.82, 2.24) is 29.9 Å². The van der Waals surface area contributed by atoms with E-state index in [-0.39, 0.29) is 0 Å². The number of guanidine groups is 1. The second-order valence-electron chi connectivity index (χ2n) is 8.22. The molecule has 8 nitrogen and oxygen atoms in total. The maximum atomic E-state index is 5.49. The van der Waals surface area contributed by atoms with Crippen LogP contribution in [-0.4, -0.2) is 95.8 Å². The van der Waals surface area contributed by atoms with Crippen LogP contribution in [0.25, 0.3) is 0 Å². The SMILES string of the molecule is CN=C(NCCCc1nnc(SC)n1CC(C)C)N1CCC(N2CCOCC2)C1. The highest BCUT2D eigenvalue weighted by Gasteiger charge is 2.30. The molecule has 2 saturated heterocycles. The molecule has 1 atom stereocenters. The highest BCUT2D eigenvalue weighted by molar-refractivity contribution is 7.98. The van der Waals surface area contributed by atoms with Crippen molar-refractivity contribution < 1.29 is 4.74 Å². The summed E-state index contributed by atoms with van der Waals surface area (Å²) in [6.07, 6.45) is 5.22. The van der Waals surface area contributed by atoms with E-state index in [1.54, 1.807) is 11.8 Å². The minimum absolute atomic E-state index is 0.585. The van der Waals surface area contributed by atoms with Crippen LogP contribution in [0.15, 0.2) is 10.1 Å². The number of thioether (sulfide) groups is 1. The van der Waals surface area contributed by atoms with Crippen LogP contribution in [0.4, 0.5) is 0 Å². The fourth-order valence-electron chi connectivity index (χ4n) is 4.16. The lowest BCUT2D eigenvalue weighted by Gasteiger charge is -2.32. The van der Waals surface area contributed by atoms with Gasteiger partial charge in [0.25, 0.3) is 0 Å². The molecule has 0 aliphatic carbocycles. The van der Waals surface area contributed by atoms with Crippen LogP contribution in [0.2, 0.25) is 0 Å². The smallest absolute Gasteiger partial charge is 0.193 e. The number of aliphatic imine (C=N–C) groups is 1. The van der Waals surface area contributed by atoms with E-state index in [9.17, 15) is 0 Å². The first-order valence-corrected chi connectivity index (χ1v) is 12.1. The van der Waals surface area contributed by atoms with E-state index in [2.05, 4.69) is 55.0 Å². The van der Waals surface area contributed by atoms with Crippen LogP contribution in [0.1, 0.15) is 32.5 Å². The number of nitrogens with zero attached hydrogens (tertiary/aromatic N) is 6. The maximum absolute atomic E-state index is 5.49. The Kier molecular flexibility index (Phi) is 8.62. The lowest BCUT2D eigenvalue weighted by atomic mass is 10.2. The molecule has 1 unspecified atom stereocenters. The molecule has 1 N–H and O–H groups in total. The normalized spacial score (nSPS) is 21.3. The molecule has 3 heterocycles. The van der Waals surface area contributed by atoms with Crippen molar-refractivity contribution in [3.05, 3.63) is 5.82 Å². The van der Waals surface area contributed by atoms with Crippen molar-refractivity contribution in [3.8, 4) is 0 Å². The topological polar surface area (TPSA) is 70.8 Å². The molecule has 9 heteroatoms. The van der Waals surface area contributed by atoms with Crippen LogP contribution >= 0.6 is 11.8 Å². The first kappa shape index (κ1) is 22.4. The Hall–Kier alpha value is -1.32. The van der Waals surface area contributed by atoms with Gasteiger partial charge in [-0.3, -0.25) is 9.89 Å². The fraction of sp³-hybridized carbons (Fsp3) is 0.850. The van der Waals surface area contributed by atoms with E-state index in [1.807, 2.05) is 7.05 Å². The third-order valence-corrected chi connectivity index (χ3v) is 6.29.